The van der Waals surface area contributed by atoms with Gasteiger partial charge in [0.15, 0.2) is 16.6 Å². The van der Waals surface area contributed by atoms with E-state index in [9.17, 15) is 24.3 Å². The minimum atomic E-state index is -2.26. The Kier molecular flexibility index (Phi) is 6.88. The molecule has 0 aliphatic heterocycles. The molecule has 9 heteroatoms. The number of alkyl halides is 3. The summed E-state index contributed by atoms with van der Waals surface area (Å²) in [7, 11) is 0. The van der Waals surface area contributed by atoms with Crippen molar-refractivity contribution in [2.24, 2.45) is 34.5 Å². The summed E-state index contributed by atoms with van der Waals surface area (Å²) in [5, 5.41) is 23.1. The van der Waals surface area contributed by atoms with Crippen molar-refractivity contribution < 1.29 is 33.1 Å². The summed E-state index contributed by atoms with van der Waals surface area (Å²) in [4.78, 5) is 25.4. The van der Waals surface area contributed by atoms with Gasteiger partial charge in [0.25, 0.3) is 0 Å². The first-order valence-corrected chi connectivity index (χ1v) is 14.1. The van der Waals surface area contributed by atoms with E-state index in [1.54, 1.807) is 18.2 Å². The highest BCUT2D eigenvalue weighted by Crippen LogP contribution is 2.70. The van der Waals surface area contributed by atoms with E-state index in [2.05, 4.69) is 0 Å². The fourth-order valence-electron chi connectivity index (χ4n) is 8.29. The van der Waals surface area contributed by atoms with E-state index < -0.39 is 69.4 Å². The first-order chi connectivity index (χ1) is 17.9. The molecule has 5 nitrogen and oxygen atoms in total. The van der Waals surface area contributed by atoms with Crippen LogP contribution in [-0.4, -0.2) is 51.7 Å². The predicted octanol–water partition coefficient (Wildman–Crippen LogP) is 5.54. The quantitative estimate of drug-likeness (QED) is 0.470. The van der Waals surface area contributed by atoms with Gasteiger partial charge in [0.1, 0.15) is 12.2 Å². The maximum absolute atomic E-state index is 17.4. The number of aryl methyl sites for hydroxylation is 1. The van der Waals surface area contributed by atoms with Gasteiger partial charge in [0.2, 0.25) is 0 Å². The van der Waals surface area contributed by atoms with Crippen molar-refractivity contribution in [3.05, 3.63) is 53.6 Å². The summed E-state index contributed by atoms with van der Waals surface area (Å²) in [6.45, 7) is 5.30. The molecule has 5 rings (SSSR count). The summed E-state index contributed by atoms with van der Waals surface area (Å²) in [6, 6.07) is 6.31. The van der Waals surface area contributed by atoms with Crippen LogP contribution in [0.25, 0.3) is 0 Å². The molecule has 38 heavy (non-hydrogen) atoms. The average Bonchev–Trinajstić information content (AvgIpc) is 3.13. The lowest BCUT2D eigenvalue weighted by Crippen LogP contribution is -2.68. The Labute approximate surface area is 225 Å². The maximum atomic E-state index is 17.4. The predicted molar refractivity (Wildman–Crippen MR) is 140 cm³/mol. The number of aliphatic hydroxyl groups excluding tert-OH is 1. The third-order valence-corrected chi connectivity index (χ3v) is 10.6. The van der Waals surface area contributed by atoms with Crippen LogP contribution in [0, 0.1) is 41.4 Å². The lowest BCUT2D eigenvalue weighted by Gasteiger charge is -2.62. The molecule has 4 aliphatic rings. The highest BCUT2D eigenvalue weighted by Gasteiger charge is 2.73. The van der Waals surface area contributed by atoms with Gasteiger partial charge < -0.3 is 5.11 Å². The number of hydrogen-bond acceptors (Lipinski definition) is 6. The molecule has 0 saturated heterocycles. The van der Waals surface area contributed by atoms with E-state index in [-0.39, 0.29) is 25.0 Å². The second-order valence-corrected chi connectivity index (χ2v) is 12.8. The summed E-state index contributed by atoms with van der Waals surface area (Å²) in [5.74, 6) is -3.08. The van der Waals surface area contributed by atoms with Gasteiger partial charge in [-0.15, -0.1) is 0 Å². The number of aliphatic hydroxyl groups is 1. The van der Waals surface area contributed by atoms with Crippen LogP contribution in [0.4, 0.5) is 18.9 Å². The monoisotopic (exact) mass is 549 g/mol. The molecule has 0 heterocycles. The third kappa shape index (κ3) is 3.91. The Morgan fingerprint density at radius 2 is 1.97 bits per heavy atom. The smallest absolute Gasteiger partial charge is 0.195 e. The molecular weight excluding hydrogens is 515 g/mol. The zero-order valence-electron chi connectivity index (χ0n) is 21.7. The largest absolute Gasteiger partial charge is 0.390 e. The number of thioether (sulfide) groups is 1. The van der Waals surface area contributed by atoms with E-state index >= 15 is 8.78 Å². The van der Waals surface area contributed by atoms with Gasteiger partial charge in [-0.25, -0.2) is 13.2 Å². The molecular formula is C29H34F3NO4S. The molecule has 0 aromatic heterocycles. The summed E-state index contributed by atoms with van der Waals surface area (Å²) < 4.78 is 46.4. The molecule has 1 aromatic carbocycles. The highest BCUT2D eigenvalue weighted by atomic mass is 32.2. The van der Waals surface area contributed by atoms with Crippen LogP contribution in [0.3, 0.4) is 0 Å². The zero-order valence-corrected chi connectivity index (χ0v) is 22.6. The number of hydroxylamine groups is 1. The molecule has 0 spiro atoms. The first-order valence-electron chi connectivity index (χ1n) is 13.1. The Hall–Kier alpha value is -2.10. The second kappa shape index (κ2) is 9.52. The van der Waals surface area contributed by atoms with Crippen LogP contribution in [-0.2, 0) is 9.59 Å². The summed E-state index contributed by atoms with van der Waals surface area (Å²) in [5.41, 5.74) is -3.18. The van der Waals surface area contributed by atoms with Gasteiger partial charge in [-0.2, -0.15) is 0 Å². The number of allylic oxidation sites excluding steroid dienone is 4. The normalized spacial score (nSPS) is 41.7. The topological polar surface area (TPSA) is 77.8 Å². The van der Waals surface area contributed by atoms with Crippen molar-refractivity contribution in [3.63, 3.8) is 0 Å². The van der Waals surface area contributed by atoms with Gasteiger partial charge in [0.05, 0.1) is 11.8 Å². The van der Waals surface area contributed by atoms with E-state index in [4.69, 9.17) is 0 Å². The van der Waals surface area contributed by atoms with E-state index in [0.29, 0.717) is 23.9 Å². The van der Waals surface area contributed by atoms with Gasteiger partial charge in [-0.1, -0.05) is 36.9 Å². The zero-order chi connectivity index (χ0) is 27.6. The number of fused-ring (bicyclic) bond motifs is 5. The molecule has 1 aromatic rings. The van der Waals surface area contributed by atoms with Crippen LogP contribution in [0.5, 0.6) is 0 Å². The lowest BCUT2D eigenvalue weighted by molar-refractivity contribution is -0.201. The molecule has 3 saturated carbocycles. The van der Waals surface area contributed by atoms with Crippen LogP contribution in [0.1, 0.15) is 38.7 Å². The van der Waals surface area contributed by atoms with Crippen molar-refractivity contribution in [2.75, 3.05) is 17.6 Å². The number of carbonyl (C=O) groups excluding carboxylic acids is 2. The molecule has 9 atom stereocenters. The van der Waals surface area contributed by atoms with Crippen molar-refractivity contribution in [1.82, 2.24) is 0 Å². The van der Waals surface area contributed by atoms with Gasteiger partial charge in [-0.05, 0) is 85.8 Å². The van der Waals surface area contributed by atoms with Crippen LogP contribution < -0.4 is 5.06 Å². The van der Waals surface area contributed by atoms with Gasteiger partial charge >= 0.3 is 0 Å². The Bertz CT molecular complexity index is 1210. The first kappa shape index (κ1) is 27.5. The summed E-state index contributed by atoms with van der Waals surface area (Å²) >= 11 is 0.547. The van der Waals surface area contributed by atoms with Crippen molar-refractivity contribution in [1.29, 1.82) is 0 Å². The molecule has 0 unspecified atom stereocenters. The van der Waals surface area contributed by atoms with Gasteiger partial charge in [-0.3, -0.25) is 19.9 Å². The number of ketones is 1. The molecule has 0 amide bonds. The van der Waals surface area contributed by atoms with Crippen LogP contribution in [0.15, 0.2) is 48.1 Å². The van der Waals surface area contributed by atoms with E-state index in [1.165, 1.54) is 19.1 Å². The maximum Gasteiger partial charge on any atom is 0.195 e. The van der Waals surface area contributed by atoms with E-state index in [1.807, 2.05) is 19.9 Å². The SMILES string of the molecule is Cc1cccc(N(O)C[C@@H]2C[C@H]3[C@@H]4C[C@H](F)C5=CC(=O)C=C[C@]5(C)[C@@]4(F)[C@@H](O)C[C@]3(C)[C@H]2C(=O)SCF)c1. The van der Waals surface area contributed by atoms with Crippen LogP contribution in [0.2, 0.25) is 0 Å². The number of hydrogen-bond donors (Lipinski definition) is 2. The number of rotatable bonds is 5. The van der Waals surface area contributed by atoms with Crippen molar-refractivity contribution in [3.8, 4) is 0 Å². The minimum Gasteiger partial charge on any atom is -0.390 e. The molecule has 206 valence electrons. The van der Waals surface area contributed by atoms with E-state index in [0.717, 1.165) is 16.7 Å². The Morgan fingerprint density at radius 3 is 2.66 bits per heavy atom. The highest BCUT2D eigenvalue weighted by molar-refractivity contribution is 8.13. The fraction of sp³-hybridized carbons (Fsp3) is 0.586. The fourth-order valence-corrected chi connectivity index (χ4v) is 9.04. The standard InChI is InChI=1S/C29H34F3NO4S/c1-16-5-4-6-18(9-16)33(37)14-17-10-20-21-12-23(31)22-11-19(34)7-8-28(22,3)29(21,32)24(35)13-27(20,2)25(17)26(36)38-15-30/h4-9,11,17,20-21,23-25,35,37H,10,12-15H2,1-3H3/t17-,20-,21-,23-,24-,25+,27-,28-,29-/m0/s1. The van der Waals surface area contributed by atoms with Crippen molar-refractivity contribution in [2.45, 2.75) is 58.0 Å². The molecule has 0 bridgehead atoms. The third-order valence-electron chi connectivity index (χ3n) is 9.96. The molecule has 3 fully saturated rings. The number of benzene rings is 1. The molecule has 4 aliphatic carbocycles. The van der Waals surface area contributed by atoms with Crippen LogP contribution >= 0.6 is 11.8 Å². The number of halogens is 3. The van der Waals surface area contributed by atoms with Crippen molar-refractivity contribution >= 4 is 28.3 Å². The minimum absolute atomic E-state index is 0.0440. The Morgan fingerprint density at radius 1 is 1.24 bits per heavy atom. The number of anilines is 1. The summed E-state index contributed by atoms with van der Waals surface area (Å²) in [6.07, 6.45) is 0.685. The molecule has 2 N–H and O–H groups in total. The van der Waals surface area contributed by atoms with Gasteiger partial charge in [0, 0.05) is 23.8 Å². The second-order valence-electron chi connectivity index (χ2n) is 11.9. The Balaban J connectivity index is 1.55. The molecule has 0 radical (unpaired) electrons. The number of carbonyl (C=O) groups is 2. The lowest BCUT2D eigenvalue weighted by atomic mass is 9.45. The average molecular weight is 550 g/mol. The number of nitrogens with zero attached hydrogens (tertiary/aromatic N) is 1.